The molecule has 9 rings (SSSR count). The zero-order valence-electron chi connectivity index (χ0n) is 26.6. The highest BCUT2D eigenvalue weighted by Crippen LogP contribution is 2.40. The van der Waals surface area contributed by atoms with E-state index in [0.717, 1.165) is 55.2 Å². The van der Waals surface area contributed by atoms with Crippen molar-refractivity contribution in [1.29, 1.82) is 0 Å². The molecular weight excluding hydrogens is 617 g/mol. The summed E-state index contributed by atoms with van der Waals surface area (Å²) in [5.74, 6) is -0.722. The SMILES string of the molecule is [C-]#[N+]c1cncc(-c2ccc3c(c2)c2ccccc2n3-c2cccc3c2C(=O)N(c2cc(-c4ccccc4)cc(-c4ccccc4)c2)C3=O)c1. The number of nitrogens with zero attached hydrogens (tertiary/aromatic N) is 4. The summed E-state index contributed by atoms with van der Waals surface area (Å²) in [6, 6.07) is 47.4. The summed E-state index contributed by atoms with van der Waals surface area (Å²) in [4.78, 5) is 38.1. The number of rotatable bonds is 5. The zero-order valence-corrected chi connectivity index (χ0v) is 26.6. The van der Waals surface area contributed by atoms with Crippen LogP contribution in [0.25, 0.3) is 65.7 Å². The molecular formula is C44H26N4O2. The Morgan fingerprint density at radius 2 is 1.20 bits per heavy atom. The Morgan fingerprint density at radius 1 is 0.520 bits per heavy atom. The first-order valence-corrected chi connectivity index (χ1v) is 16.2. The molecule has 0 unspecified atom stereocenters. The number of fused-ring (bicyclic) bond motifs is 4. The molecule has 0 radical (unpaired) electrons. The van der Waals surface area contributed by atoms with Gasteiger partial charge in [0, 0.05) is 23.2 Å². The molecule has 6 aromatic carbocycles. The minimum Gasteiger partial charge on any atom is -0.308 e. The van der Waals surface area contributed by atoms with E-state index < -0.39 is 0 Å². The van der Waals surface area contributed by atoms with E-state index in [1.165, 1.54) is 4.90 Å². The van der Waals surface area contributed by atoms with Crippen molar-refractivity contribution in [3.63, 3.8) is 0 Å². The van der Waals surface area contributed by atoms with Crippen molar-refractivity contribution in [2.24, 2.45) is 0 Å². The number of pyridine rings is 1. The molecule has 0 spiro atoms. The minimum absolute atomic E-state index is 0.355. The van der Waals surface area contributed by atoms with Crippen LogP contribution in [0.15, 0.2) is 158 Å². The fourth-order valence-corrected chi connectivity index (χ4v) is 7.08. The second-order valence-corrected chi connectivity index (χ2v) is 12.3. The van der Waals surface area contributed by atoms with E-state index in [9.17, 15) is 9.59 Å². The van der Waals surface area contributed by atoms with Gasteiger partial charge in [-0.2, -0.15) is 0 Å². The average Bonchev–Trinajstić information content (AvgIpc) is 3.65. The number of hydrogen-bond donors (Lipinski definition) is 0. The number of amides is 2. The molecule has 0 saturated carbocycles. The van der Waals surface area contributed by atoms with Crippen molar-refractivity contribution in [2.75, 3.05) is 4.90 Å². The lowest BCUT2D eigenvalue weighted by molar-refractivity contribution is 0.0926. The van der Waals surface area contributed by atoms with Gasteiger partial charge in [-0.15, -0.1) is 0 Å². The molecule has 0 N–H and O–H groups in total. The smallest absolute Gasteiger partial charge is 0.268 e. The number of para-hydroxylation sites is 1. The lowest BCUT2D eigenvalue weighted by atomic mass is 9.97. The molecule has 6 nitrogen and oxygen atoms in total. The van der Waals surface area contributed by atoms with Crippen molar-refractivity contribution in [2.45, 2.75) is 0 Å². The highest BCUT2D eigenvalue weighted by molar-refractivity contribution is 6.36. The molecule has 0 bridgehead atoms. The summed E-state index contributed by atoms with van der Waals surface area (Å²) in [6.07, 6.45) is 3.31. The summed E-state index contributed by atoms with van der Waals surface area (Å²) < 4.78 is 2.07. The second-order valence-electron chi connectivity index (χ2n) is 12.3. The normalized spacial score (nSPS) is 12.4. The van der Waals surface area contributed by atoms with Crippen LogP contribution in [-0.2, 0) is 0 Å². The van der Waals surface area contributed by atoms with E-state index in [2.05, 4.69) is 32.6 Å². The first kappa shape index (κ1) is 29.1. The van der Waals surface area contributed by atoms with Gasteiger partial charge in [0.15, 0.2) is 0 Å². The standard InChI is InChI=1S/C44H26N4O2/c1-45-34-22-33(26-46-27-34)30-19-20-40-38(25-30)36-15-8-9-17-39(36)48(40)41-18-10-16-37-42(41)44(50)47(43(37)49)35-23-31(28-11-4-2-5-12-28)21-32(24-35)29-13-6-3-7-14-29/h2-27H. The number of carbonyl (C=O) groups is 2. The molecule has 6 heteroatoms. The Balaban J connectivity index is 1.21. The number of hydrogen-bond acceptors (Lipinski definition) is 3. The van der Waals surface area contributed by atoms with Crippen LogP contribution in [0.4, 0.5) is 11.4 Å². The number of carbonyl (C=O) groups excluding carboxylic acids is 2. The Morgan fingerprint density at radius 3 is 1.92 bits per heavy atom. The topological polar surface area (TPSA) is 59.6 Å². The van der Waals surface area contributed by atoms with Gasteiger partial charge in [0.2, 0.25) is 5.69 Å². The lowest BCUT2D eigenvalue weighted by Gasteiger charge is -2.18. The number of aromatic nitrogens is 2. The van der Waals surface area contributed by atoms with Crippen molar-refractivity contribution < 1.29 is 9.59 Å². The quantitative estimate of drug-likeness (QED) is 0.139. The monoisotopic (exact) mass is 642 g/mol. The van der Waals surface area contributed by atoms with E-state index in [0.29, 0.717) is 28.2 Å². The molecule has 0 fully saturated rings. The summed E-state index contributed by atoms with van der Waals surface area (Å²) in [7, 11) is 0. The maximum Gasteiger partial charge on any atom is 0.268 e. The molecule has 0 aliphatic carbocycles. The average molecular weight is 643 g/mol. The van der Waals surface area contributed by atoms with Crippen LogP contribution < -0.4 is 4.90 Å². The van der Waals surface area contributed by atoms with Gasteiger partial charge in [-0.1, -0.05) is 91.0 Å². The van der Waals surface area contributed by atoms with Crippen molar-refractivity contribution in [3.05, 3.63) is 181 Å². The van der Waals surface area contributed by atoms with Crippen molar-refractivity contribution >= 4 is 45.0 Å². The van der Waals surface area contributed by atoms with Crippen molar-refractivity contribution in [3.8, 4) is 39.1 Å². The minimum atomic E-state index is -0.366. The first-order valence-electron chi connectivity index (χ1n) is 16.2. The van der Waals surface area contributed by atoms with Gasteiger partial charge < -0.3 is 4.57 Å². The number of anilines is 1. The Bertz CT molecular complexity index is 2650. The summed E-state index contributed by atoms with van der Waals surface area (Å²) in [6.45, 7) is 7.43. The maximum atomic E-state index is 14.7. The number of imide groups is 1. The van der Waals surface area contributed by atoms with Gasteiger partial charge >= 0.3 is 0 Å². The fraction of sp³-hybridized carbons (Fsp3) is 0. The van der Waals surface area contributed by atoms with E-state index in [-0.39, 0.29) is 11.8 Å². The Labute approximate surface area is 287 Å². The third-order valence-electron chi connectivity index (χ3n) is 9.38. The van der Waals surface area contributed by atoms with Gasteiger partial charge in [0.05, 0.1) is 40.1 Å². The van der Waals surface area contributed by atoms with Gasteiger partial charge in [0.1, 0.15) is 0 Å². The molecule has 50 heavy (non-hydrogen) atoms. The van der Waals surface area contributed by atoms with E-state index in [4.69, 9.17) is 6.57 Å². The summed E-state index contributed by atoms with van der Waals surface area (Å²) >= 11 is 0. The van der Waals surface area contributed by atoms with E-state index >= 15 is 0 Å². The molecule has 0 saturated heterocycles. The van der Waals surface area contributed by atoms with Crippen LogP contribution in [0.3, 0.4) is 0 Å². The largest absolute Gasteiger partial charge is 0.308 e. The third-order valence-corrected chi connectivity index (χ3v) is 9.38. The Kier molecular flexibility index (Phi) is 6.72. The fourth-order valence-electron chi connectivity index (χ4n) is 7.08. The van der Waals surface area contributed by atoms with Crippen LogP contribution in [0, 0.1) is 6.57 Å². The Hall–Kier alpha value is -7.10. The van der Waals surface area contributed by atoms with Gasteiger partial charge in [-0.05, 0) is 88.0 Å². The van der Waals surface area contributed by atoms with Crippen LogP contribution in [0.1, 0.15) is 20.7 Å². The highest BCUT2D eigenvalue weighted by Gasteiger charge is 2.39. The lowest BCUT2D eigenvalue weighted by Crippen LogP contribution is -2.29. The van der Waals surface area contributed by atoms with Crippen LogP contribution in [-0.4, -0.2) is 21.4 Å². The number of benzene rings is 6. The van der Waals surface area contributed by atoms with Crippen molar-refractivity contribution in [1.82, 2.24) is 9.55 Å². The molecule has 1 aliphatic rings. The van der Waals surface area contributed by atoms with Gasteiger partial charge in [-0.25, -0.2) is 9.74 Å². The first-order chi connectivity index (χ1) is 24.6. The van der Waals surface area contributed by atoms with E-state index in [1.54, 1.807) is 18.5 Å². The molecule has 1 aliphatic heterocycles. The molecule has 234 valence electrons. The third kappa shape index (κ3) is 4.61. The van der Waals surface area contributed by atoms with E-state index in [1.807, 2.05) is 121 Å². The predicted molar refractivity (Wildman–Crippen MR) is 199 cm³/mol. The molecule has 2 aromatic heterocycles. The summed E-state index contributed by atoms with van der Waals surface area (Å²) in [5.41, 5.74) is 9.76. The molecule has 2 amide bonds. The molecule has 3 heterocycles. The zero-order chi connectivity index (χ0) is 33.8. The van der Waals surface area contributed by atoms with Crippen LogP contribution in [0.2, 0.25) is 0 Å². The summed E-state index contributed by atoms with van der Waals surface area (Å²) in [5, 5.41) is 1.99. The molecule has 0 atom stereocenters. The molecule has 8 aromatic rings. The van der Waals surface area contributed by atoms with Crippen LogP contribution >= 0.6 is 0 Å². The maximum absolute atomic E-state index is 14.7. The van der Waals surface area contributed by atoms with Gasteiger partial charge in [-0.3, -0.25) is 14.6 Å². The highest BCUT2D eigenvalue weighted by atomic mass is 16.2. The second kappa shape index (κ2) is 11.6. The van der Waals surface area contributed by atoms with Crippen LogP contribution in [0.5, 0.6) is 0 Å². The van der Waals surface area contributed by atoms with Gasteiger partial charge in [0.25, 0.3) is 11.8 Å². The predicted octanol–water partition coefficient (Wildman–Crippen LogP) is 10.5.